The van der Waals surface area contributed by atoms with Gasteiger partial charge in [0.15, 0.2) is 5.82 Å². The van der Waals surface area contributed by atoms with E-state index in [9.17, 15) is 28.6 Å². The van der Waals surface area contributed by atoms with Gasteiger partial charge in [-0.2, -0.15) is 13.8 Å². The maximum absolute atomic E-state index is 14.9. The number of aliphatic hydroxyl groups excluding tert-OH is 2. The molecular formula is C28H36F2N6O4. The normalized spacial score (nSPS) is 23.4. The second-order valence-corrected chi connectivity index (χ2v) is 11.0. The largest absolute Gasteiger partial charge is 0.393 e. The fourth-order valence-electron chi connectivity index (χ4n) is 5.88. The third kappa shape index (κ3) is 5.87. The van der Waals surface area contributed by atoms with E-state index < -0.39 is 18.4 Å². The lowest BCUT2D eigenvalue weighted by Gasteiger charge is -2.35. The molecule has 40 heavy (non-hydrogen) atoms. The van der Waals surface area contributed by atoms with Gasteiger partial charge in [-0.3, -0.25) is 9.59 Å². The Morgan fingerprint density at radius 1 is 1.12 bits per heavy atom. The molecule has 216 valence electrons. The molecule has 2 heterocycles. The van der Waals surface area contributed by atoms with Gasteiger partial charge in [0.05, 0.1) is 25.5 Å². The first-order chi connectivity index (χ1) is 19.2. The Bertz CT molecular complexity index is 1250. The van der Waals surface area contributed by atoms with Crippen LogP contribution in [0.2, 0.25) is 0 Å². The summed E-state index contributed by atoms with van der Waals surface area (Å²) in [5, 5.41) is 25.8. The molecule has 2 aromatic rings. The van der Waals surface area contributed by atoms with Gasteiger partial charge < -0.3 is 30.6 Å². The molecule has 5 rings (SSSR count). The number of carbonyl (C=O) groups is 2. The molecule has 0 unspecified atom stereocenters. The minimum Gasteiger partial charge on any atom is -0.393 e. The molecule has 1 aromatic carbocycles. The second-order valence-electron chi connectivity index (χ2n) is 11.0. The van der Waals surface area contributed by atoms with Crippen LogP contribution < -0.4 is 20.4 Å². The molecule has 2 fully saturated rings. The summed E-state index contributed by atoms with van der Waals surface area (Å²) in [4.78, 5) is 36.7. The SMILES string of the molecule is CN1C(=O)C(F)(F)CN(C2CCCCC2)c2nc(Nc3ccc(C(=O)N[C@H]4CC[C@H](O)CC4)cc3CO)ncc21. The van der Waals surface area contributed by atoms with Crippen molar-refractivity contribution in [2.24, 2.45) is 0 Å². The van der Waals surface area contributed by atoms with Gasteiger partial charge in [-0.05, 0) is 56.7 Å². The molecule has 0 bridgehead atoms. The Morgan fingerprint density at radius 2 is 1.85 bits per heavy atom. The number of aliphatic hydroxyl groups is 2. The van der Waals surface area contributed by atoms with E-state index in [1.807, 2.05) is 0 Å². The number of carbonyl (C=O) groups excluding carboxylic acids is 2. The van der Waals surface area contributed by atoms with Gasteiger partial charge >= 0.3 is 5.92 Å². The van der Waals surface area contributed by atoms with Crippen LogP contribution in [0.5, 0.6) is 0 Å². The third-order valence-corrected chi connectivity index (χ3v) is 8.20. The van der Waals surface area contributed by atoms with E-state index in [0.29, 0.717) is 42.5 Å². The molecule has 4 N–H and O–H groups in total. The van der Waals surface area contributed by atoms with Gasteiger partial charge in [-0.15, -0.1) is 0 Å². The number of fused-ring (bicyclic) bond motifs is 1. The van der Waals surface area contributed by atoms with Crippen molar-refractivity contribution in [1.82, 2.24) is 15.3 Å². The molecule has 12 heteroatoms. The zero-order chi connectivity index (χ0) is 28.4. The first-order valence-electron chi connectivity index (χ1n) is 14.0. The highest BCUT2D eigenvalue weighted by Gasteiger charge is 2.48. The summed E-state index contributed by atoms with van der Waals surface area (Å²) in [5.41, 5.74) is 1.50. The number of amides is 2. The minimum atomic E-state index is -3.57. The van der Waals surface area contributed by atoms with Gasteiger partial charge in [0.2, 0.25) is 5.95 Å². The Morgan fingerprint density at radius 3 is 2.55 bits per heavy atom. The zero-order valence-corrected chi connectivity index (χ0v) is 22.6. The van der Waals surface area contributed by atoms with Crippen molar-refractivity contribution in [3.63, 3.8) is 0 Å². The van der Waals surface area contributed by atoms with Gasteiger partial charge in [0.25, 0.3) is 11.8 Å². The van der Waals surface area contributed by atoms with E-state index in [1.54, 1.807) is 23.1 Å². The van der Waals surface area contributed by atoms with Crippen molar-refractivity contribution in [1.29, 1.82) is 0 Å². The van der Waals surface area contributed by atoms with Crippen molar-refractivity contribution in [3.05, 3.63) is 35.5 Å². The Balaban J connectivity index is 1.39. The molecule has 0 atom stereocenters. The molecule has 3 aliphatic rings. The molecule has 2 aliphatic carbocycles. The predicted molar refractivity (Wildman–Crippen MR) is 146 cm³/mol. The smallest absolute Gasteiger partial charge is 0.342 e. The first-order valence-corrected chi connectivity index (χ1v) is 14.0. The number of benzene rings is 1. The van der Waals surface area contributed by atoms with Crippen LogP contribution in [-0.4, -0.2) is 69.7 Å². The summed E-state index contributed by atoms with van der Waals surface area (Å²) >= 11 is 0. The number of aromatic nitrogens is 2. The predicted octanol–water partition coefficient (Wildman–Crippen LogP) is 3.50. The van der Waals surface area contributed by atoms with Crippen LogP contribution in [0, 0.1) is 0 Å². The monoisotopic (exact) mass is 558 g/mol. The topological polar surface area (TPSA) is 131 Å². The van der Waals surface area contributed by atoms with Crippen molar-refractivity contribution >= 4 is 35.0 Å². The van der Waals surface area contributed by atoms with Crippen molar-refractivity contribution in [3.8, 4) is 0 Å². The number of hydrogen-bond acceptors (Lipinski definition) is 8. The van der Waals surface area contributed by atoms with Crippen LogP contribution in [-0.2, 0) is 11.4 Å². The van der Waals surface area contributed by atoms with Crippen LogP contribution in [0.25, 0.3) is 0 Å². The van der Waals surface area contributed by atoms with Gasteiger partial charge in [-0.1, -0.05) is 19.3 Å². The van der Waals surface area contributed by atoms with Crippen LogP contribution in [0.4, 0.5) is 31.9 Å². The average molecular weight is 559 g/mol. The van der Waals surface area contributed by atoms with Crippen LogP contribution in [0.15, 0.2) is 24.4 Å². The lowest BCUT2D eigenvalue weighted by atomic mass is 9.93. The number of anilines is 4. The highest BCUT2D eigenvalue weighted by atomic mass is 19.3. The number of nitrogens with zero attached hydrogens (tertiary/aromatic N) is 4. The number of hydrogen-bond donors (Lipinski definition) is 4. The summed E-state index contributed by atoms with van der Waals surface area (Å²) in [7, 11) is 1.30. The van der Waals surface area contributed by atoms with Crippen molar-refractivity contribution in [2.45, 2.75) is 88.5 Å². The Hall–Kier alpha value is -3.38. The van der Waals surface area contributed by atoms with Crippen LogP contribution in [0.1, 0.15) is 73.7 Å². The average Bonchev–Trinajstić information content (AvgIpc) is 3.03. The van der Waals surface area contributed by atoms with Gasteiger partial charge in [-0.25, -0.2) is 4.98 Å². The van der Waals surface area contributed by atoms with E-state index in [-0.39, 0.29) is 48.2 Å². The van der Waals surface area contributed by atoms with E-state index in [0.717, 1.165) is 37.0 Å². The highest BCUT2D eigenvalue weighted by Crippen LogP contribution is 2.39. The van der Waals surface area contributed by atoms with E-state index in [2.05, 4.69) is 20.6 Å². The quantitative estimate of drug-likeness (QED) is 0.424. The van der Waals surface area contributed by atoms with Crippen molar-refractivity contribution < 1.29 is 28.6 Å². The maximum atomic E-state index is 14.9. The molecule has 1 aromatic heterocycles. The minimum absolute atomic E-state index is 0.0104. The molecule has 2 amide bonds. The molecule has 10 nitrogen and oxygen atoms in total. The number of alkyl halides is 2. The summed E-state index contributed by atoms with van der Waals surface area (Å²) in [5.74, 6) is -4.74. The summed E-state index contributed by atoms with van der Waals surface area (Å²) in [6.45, 7) is -1.11. The lowest BCUT2D eigenvalue weighted by Crippen LogP contribution is -2.49. The molecule has 0 spiro atoms. The molecule has 0 radical (unpaired) electrons. The van der Waals surface area contributed by atoms with E-state index in [4.69, 9.17) is 0 Å². The first kappa shape index (κ1) is 28.2. The summed E-state index contributed by atoms with van der Waals surface area (Å²) in [6, 6.07) is 4.67. The van der Waals surface area contributed by atoms with Gasteiger partial charge in [0.1, 0.15) is 5.69 Å². The number of rotatable bonds is 6. The molecular weight excluding hydrogens is 522 g/mol. The van der Waals surface area contributed by atoms with Gasteiger partial charge in [0, 0.05) is 35.9 Å². The third-order valence-electron chi connectivity index (χ3n) is 8.20. The van der Waals surface area contributed by atoms with Crippen LogP contribution >= 0.6 is 0 Å². The van der Waals surface area contributed by atoms with Crippen LogP contribution in [0.3, 0.4) is 0 Å². The molecule has 2 saturated carbocycles. The Kier molecular flexibility index (Phi) is 8.18. The van der Waals surface area contributed by atoms with Crippen molar-refractivity contribution in [2.75, 3.05) is 28.7 Å². The number of halogens is 2. The fourth-order valence-corrected chi connectivity index (χ4v) is 5.88. The summed E-state index contributed by atoms with van der Waals surface area (Å²) in [6.07, 6.45) is 8.12. The highest BCUT2D eigenvalue weighted by molar-refractivity contribution is 6.02. The van der Waals surface area contributed by atoms with E-state index in [1.165, 1.54) is 13.2 Å². The lowest BCUT2D eigenvalue weighted by molar-refractivity contribution is -0.140. The second kappa shape index (κ2) is 11.6. The summed E-state index contributed by atoms with van der Waals surface area (Å²) < 4.78 is 29.8. The Labute approximate surface area is 231 Å². The van der Waals surface area contributed by atoms with E-state index >= 15 is 0 Å². The number of nitrogens with one attached hydrogen (secondary N) is 2. The standard InChI is InChI=1S/C28H36F2N6O4/c1-35-23-14-31-27(34-24(23)36(16-28(29,30)26(35)40)20-5-3-2-4-6-20)33-22-12-7-17(13-18(22)15-37)25(39)32-19-8-10-21(38)11-9-19/h7,12-14,19-21,37-38H,2-6,8-11,15-16H2,1H3,(H,32,39)(H,31,33,34)/t19-,21-. The molecule has 1 aliphatic heterocycles. The fraction of sp³-hybridized carbons (Fsp3) is 0.571. The molecule has 0 saturated heterocycles. The zero-order valence-electron chi connectivity index (χ0n) is 22.6. The maximum Gasteiger partial charge on any atom is 0.342 e.